The van der Waals surface area contributed by atoms with Crippen LogP contribution >= 0.6 is 15.9 Å². The third kappa shape index (κ3) is 2.76. The molecular formula is C22H23BrN2O2. The van der Waals surface area contributed by atoms with Crippen LogP contribution in [-0.2, 0) is 10.2 Å². The molecule has 0 aliphatic carbocycles. The summed E-state index contributed by atoms with van der Waals surface area (Å²) in [7, 11) is 1.67. The van der Waals surface area contributed by atoms with Crippen LogP contribution in [0.15, 0.2) is 53.0 Å². The third-order valence-electron chi connectivity index (χ3n) is 5.80. The predicted molar refractivity (Wildman–Crippen MR) is 112 cm³/mol. The molecule has 2 aromatic rings. The molecule has 2 aromatic carbocycles. The number of hydrogen-bond acceptors (Lipinski definition) is 3. The van der Waals surface area contributed by atoms with Crippen LogP contribution in [0.1, 0.15) is 31.4 Å². The van der Waals surface area contributed by atoms with Crippen molar-refractivity contribution in [3.63, 3.8) is 0 Å². The average molecular weight is 427 g/mol. The van der Waals surface area contributed by atoms with Crippen molar-refractivity contribution in [1.29, 1.82) is 0 Å². The van der Waals surface area contributed by atoms with Crippen molar-refractivity contribution in [1.82, 2.24) is 5.32 Å². The number of amides is 1. The molecule has 2 aliphatic heterocycles. The van der Waals surface area contributed by atoms with Crippen LogP contribution in [0.4, 0.5) is 5.69 Å². The molecule has 5 heteroatoms. The molecule has 1 atom stereocenters. The van der Waals surface area contributed by atoms with Gasteiger partial charge >= 0.3 is 0 Å². The average Bonchev–Trinajstić information content (AvgIpc) is 2.84. The van der Waals surface area contributed by atoms with Crippen LogP contribution < -0.4 is 15.0 Å². The number of carbonyl (C=O) groups is 1. The van der Waals surface area contributed by atoms with Gasteiger partial charge in [0.25, 0.3) is 0 Å². The van der Waals surface area contributed by atoms with Crippen LogP contribution in [-0.4, -0.2) is 25.2 Å². The second-order valence-electron chi connectivity index (χ2n) is 7.61. The topological polar surface area (TPSA) is 41.6 Å². The van der Waals surface area contributed by atoms with Crippen molar-refractivity contribution >= 4 is 33.6 Å². The third-order valence-corrected chi connectivity index (χ3v) is 6.30. The molecule has 4 nitrogen and oxygen atoms in total. The number of rotatable bonds is 3. The molecule has 1 N–H and O–H groups in total. The largest absolute Gasteiger partial charge is 0.497 e. The zero-order valence-corrected chi connectivity index (χ0v) is 17.3. The van der Waals surface area contributed by atoms with Crippen molar-refractivity contribution in [2.45, 2.75) is 31.3 Å². The Bertz CT molecular complexity index is 938. The Morgan fingerprint density at radius 1 is 1.22 bits per heavy atom. The fourth-order valence-electron chi connectivity index (χ4n) is 4.29. The van der Waals surface area contributed by atoms with Gasteiger partial charge in [0.2, 0.25) is 5.91 Å². The van der Waals surface area contributed by atoms with E-state index in [1.807, 2.05) is 24.3 Å². The Morgan fingerprint density at radius 3 is 2.81 bits per heavy atom. The minimum absolute atomic E-state index is 0.0847. The molecule has 2 aliphatic rings. The number of carbonyl (C=O) groups excluding carboxylic acids is 1. The van der Waals surface area contributed by atoms with E-state index in [9.17, 15) is 4.79 Å². The van der Waals surface area contributed by atoms with Gasteiger partial charge in [-0.05, 0) is 47.5 Å². The molecule has 27 heavy (non-hydrogen) atoms. The Morgan fingerprint density at radius 2 is 2.04 bits per heavy atom. The summed E-state index contributed by atoms with van der Waals surface area (Å²) >= 11 is 3.60. The van der Waals surface area contributed by atoms with Crippen molar-refractivity contribution < 1.29 is 9.53 Å². The zero-order valence-electron chi connectivity index (χ0n) is 15.8. The quantitative estimate of drug-likeness (QED) is 0.785. The monoisotopic (exact) mass is 426 g/mol. The fourth-order valence-corrected chi connectivity index (χ4v) is 4.65. The second kappa shape index (κ2) is 6.41. The van der Waals surface area contributed by atoms with Gasteiger partial charge in [-0.15, -0.1) is 0 Å². The van der Waals surface area contributed by atoms with Gasteiger partial charge in [-0.1, -0.05) is 48.0 Å². The maximum atomic E-state index is 12.4. The van der Waals surface area contributed by atoms with Crippen LogP contribution in [0.3, 0.4) is 0 Å². The molecule has 1 amide bonds. The SMILES string of the molecule is COc1cccc(/C=C/[C@]23NC(=O)CCN2c2ccc(Br)cc2C3(C)C)c1. The minimum Gasteiger partial charge on any atom is -0.497 e. The Kier molecular flexibility index (Phi) is 4.30. The van der Waals surface area contributed by atoms with Gasteiger partial charge in [0.1, 0.15) is 11.4 Å². The number of nitrogens with one attached hydrogen (secondary N) is 1. The number of fused-ring (bicyclic) bond motifs is 3. The Balaban J connectivity index is 1.83. The molecule has 0 saturated carbocycles. The highest BCUT2D eigenvalue weighted by molar-refractivity contribution is 9.10. The number of nitrogens with zero attached hydrogens (tertiary/aromatic N) is 1. The molecule has 1 fully saturated rings. The molecule has 2 heterocycles. The first kappa shape index (κ1) is 18.1. The normalized spacial score (nSPS) is 23.1. The van der Waals surface area contributed by atoms with E-state index in [2.05, 4.69) is 70.3 Å². The highest BCUT2D eigenvalue weighted by Crippen LogP contribution is 2.53. The molecule has 0 spiro atoms. The number of benzene rings is 2. The van der Waals surface area contributed by atoms with Gasteiger partial charge in [0.15, 0.2) is 0 Å². The van der Waals surface area contributed by atoms with Crippen LogP contribution in [0.5, 0.6) is 5.75 Å². The molecule has 0 radical (unpaired) electrons. The number of methoxy groups -OCH3 is 1. The van der Waals surface area contributed by atoms with Crippen molar-refractivity contribution in [3.05, 3.63) is 64.1 Å². The zero-order chi connectivity index (χ0) is 19.2. The number of hydrogen-bond donors (Lipinski definition) is 1. The highest BCUT2D eigenvalue weighted by Gasteiger charge is 2.57. The number of ether oxygens (including phenoxy) is 1. The summed E-state index contributed by atoms with van der Waals surface area (Å²) in [5, 5.41) is 3.30. The smallest absolute Gasteiger partial charge is 0.223 e. The van der Waals surface area contributed by atoms with Crippen molar-refractivity contribution in [2.24, 2.45) is 0 Å². The first-order valence-electron chi connectivity index (χ1n) is 9.09. The Labute approximate surface area is 168 Å². The van der Waals surface area contributed by atoms with E-state index in [1.165, 1.54) is 11.3 Å². The van der Waals surface area contributed by atoms with Crippen LogP contribution in [0.2, 0.25) is 0 Å². The fraction of sp³-hybridized carbons (Fsp3) is 0.318. The lowest BCUT2D eigenvalue weighted by molar-refractivity contribution is -0.124. The summed E-state index contributed by atoms with van der Waals surface area (Å²) < 4.78 is 6.38. The molecule has 0 unspecified atom stereocenters. The predicted octanol–water partition coefficient (Wildman–Crippen LogP) is 4.48. The first-order valence-corrected chi connectivity index (χ1v) is 9.89. The van der Waals surface area contributed by atoms with E-state index in [4.69, 9.17) is 4.74 Å². The lowest BCUT2D eigenvalue weighted by Crippen LogP contribution is -2.68. The van der Waals surface area contributed by atoms with E-state index in [0.29, 0.717) is 13.0 Å². The summed E-state index contributed by atoms with van der Waals surface area (Å²) in [6.45, 7) is 5.09. The lowest BCUT2D eigenvalue weighted by Gasteiger charge is -2.49. The van der Waals surface area contributed by atoms with E-state index in [-0.39, 0.29) is 11.3 Å². The minimum atomic E-state index is -0.603. The molecule has 1 saturated heterocycles. The van der Waals surface area contributed by atoms with E-state index < -0.39 is 5.66 Å². The first-order chi connectivity index (χ1) is 12.9. The van der Waals surface area contributed by atoms with Gasteiger partial charge in [0.05, 0.1) is 7.11 Å². The van der Waals surface area contributed by atoms with Crippen molar-refractivity contribution in [3.8, 4) is 5.75 Å². The molecule has 0 bridgehead atoms. The van der Waals surface area contributed by atoms with Crippen molar-refractivity contribution in [2.75, 3.05) is 18.6 Å². The van der Waals surface area contributed by atoms with Crippen LogP contribution in [0, 0.1) is 0 Å². The standard InChI is InChI=1S/C22H23BrN2O2/c1-21(2)18-14-16(23)7-8-19(18)25-12-10-20(26)24-22(21,25)11-9-15-5-4-6-17(13-15)27-3/h4-9,11,13-14H,10,12H2,1-3H3,(H,24,26)/b11-9+/t22-/m0/s1. The Hall–Kier alpha value is -2.27. The van der Waals surface area contributed by atoms with Gasteiger partial charge in [-0.25, -0.2) is 0 Å². The maximum Gasteiger partial charge on any atom is 0.223 e. The van der Waals surface area contributed by atoms with E-state index >= 15 is 0 Å². The lowest BCUT2D eigenvalue weighted by atomic mass is 9.74. The van der Waals surface area contributed by atoms with Crippen LogP contribution in [0.25, 0.3) is 6.08 Å². The van der Waals surface area contributed by atoms with Gasteiger partial charge in [-0.2, -0.15) is 0 Å². The van der Waals surface area contributed by atoms with Gasteiger partial charge in [-0.3, -0.25) is 4.79 Å². The van der Waals surface area contributed by atoms with E-state index in [0.717, 1.165) is 15.8 Å². The number of anilines is 1. The highest BCUT2D eigenvalue weighted by atomic mass is 79.9. The van der Waals surface area contributed by atoms with E-state index in [1.54, 1.807) is 7.11 Å². The molecular weight excluding hydrogens is 404 g/mol. The summed E-state index contributed by atoms with van der Waals surface area (Å²) in [5.41, 5.74) is 2.55. The summed E-state index contributed by atoms with van der Waals surface area (Å²) in [4.78, 5) is 14.8. The summed E-state index contributed by atoms with van der Waals surface area (Å²) in [6.07, 6.45) is 4.71. The summed E-state index contributed by atoms with van der Waals surface area (Å²) in [6, 6.07) is 14.3. The summed E-state index contributed by atoms with van der Waals surface area (Å²) in [5.74, 6) is 0.901. The number of halogens is 1. The van der Waals surface area contributed by atoms with Gasteiger partial charge in [0, 0.05) is 28.5 Å². The molecule has 0 aromatic heterocycles. The molecule has 140 valence electrons. The van der Waals surface area contributed by atoms with Gasteiger partial charge < -0.3 is 15.0 Å². The maximum absolute atomic E-state index is 12.4. The molecule has 4 rings (SSSR count). The second-order valence-corrected chi connectivity index (χ2v) is 8.53.